The second-order valence-corrected chi connectivity index (χ2v) is 11.3. The molecular formula is C28H51NO13S. The lowest BCUT2D eigenvalue weighted by molar-refractivity contribution is -0.253. The summed E-state index contributed by atoms with van der Waals surface area (Å²) in [5.41, 5.74) is 0. The summed E-state index contributed by atoms with van der Waals surface area (Å²) in [5.74, 6) is -1.68. The molecule has 0 bridgehead atoms. The van der Waals surface area contributed by atoms with Crippen molar-refractivity contribution in [1.82, 2.24) is 5.32 Å². The highest BCUT2D eigenvalue weighted by Crippen LogP contribution is 2.21. The predicted molar refractivity (Wildman–Crippen MR) is 156 cm³/mol. The van der Waals surface area contributed by atoms with Gasteiger partial charge in [-0.3, -0.25) is 14.4 Å². The smallest absolute Gasteiger partial charge is 0.319 e. The second kappa shape index (κ2) is 24.7. The van der Waals surface area contributed by atoms with Gasteiger partial charge in [-0.2, -0.15) is 0 Å². The zero-order valence-electron chi connectivity index (χ0n) is 25.4. The van der Waals surface area contributed by atoms with Crippen LogP contribution in [0.2, 0.25) is 0 Å². The van der Waals surface area contributed by atoms with Crippen molar-refractivity contribution in [3.63, 3.8) is 0 Å². The molecule has 1 heterocycles. The number of thioether (sulfide) groups is 1. The van der Waals surface area contributed by atoms with Crippen molar-refractivity contribution in [3.05, 3.63) is 0 Å². The molecule has 0 spiro atoms. The minimum Gasteiger partial charge on any atom is -0.466 e. The number of unbranched alkanes of at least 4 members (excludes halogenated alkanes) is 5. The van der Waals surface area contributed by atoms with Crippen molar-refractivity contribution >= 4 is 29.6 Å². The molecule has 0 aromatic heterocycles. The molecule has 1 saturated heterocycles. The maximum atomic E-state index is 12.8. The summed E-state index contributed by atoms with van der Waals surface area (Å²) in [6, 6.07) is -1.32. The molecule has 0 aromatic rings. The lowest BCUT2D eigenvalue weighted by Gasteiger charge is -2.40. The van der Waals surface area contributed by atoms with Crippen molar-refractivity contribution in [2.75, 3.05) is 65.7 Å². The Morgan fingerprint density at radius 2 is 1.51 bits per heavy atom. The van der Waals surface area contributed by atoms with Crippen LogP contribution in [0.3, 0.4) is 0 Å². The first-order valence-corrected chi connectivity index (χ1v) is 16.0. The average molecular weight is 642 g/mol. The van der Waals surface area contributed by atoms with E-state index < -0.39 is 60.3 Å². The molecule has 14 nitrogen and oxygen atoms in total. The van der Waals surface area contributed by atoms with Crippen molar-refractivity contribution in [1.29, 1.82) is 0 Å². The minimum absolute atomic E-state index is 0.0319. The molecule has 1 fully saturated rings. The number of nitrogens with one attached hydrogen (secondary N) is 1. The Balaban J connectivity index is 2.52. The number of hydrogen-bond donors (Lipinski definition) is 5. The Labute approximate surface area is 258 Å². The zero-order valence-corrected chi connectivity index (χ0v) is 26.2. The van der Waals surface area contributed by atoms with Crippen LogP contribution in [0.15, 0.2) is 0 Å². The van der Waals surface area contributed by atoms with E-state index in [1.54, 1.807) is 7.11 Å². The first-order chi connectivity index (χ1) is 20.7. The molecule has 5 N–H and O–H groups in total. The minimum atomic E-state index is -1.64. The molecule has 1 amide bonds. The quantitative estimate of drug-likeness (QED) is 0.0654. The maximum Gasteiger partial charge on any atom is 0.319 e. The number of amides is 1. The summed E-state index contributed by atoms with van der Waals surface area (Å²) in [6.07, 6.45) is -0.0697. The van der Waals surface area contributed by atoms with Crippen LogP contribution in [0.25, 0.3) is 0 Å². The van der Waals surface area contributed by atoms with Crippen LogP contribution in [0.5, 0.6) is 0 Å². The first kappa shape index (κ1) is 39.5. The molecule has 1 aliphatic rings. The van der Waals surface area contributed by atoms with E-state index in [1.807, 2.05) is 0 Å². The number of methoxy groups -OCH3 is 1. The number of aliphatic hydroxyl groups excluding tert-OH is 4. The summed E-state index contributed by atoms with van der Waals surface area (Å²) in [5, 5.41) is 40.9. The first-order valence-electron chi connectivity index (χ1n) is 14.9. The number of ether oxygens (including phenoxy) is 6. The van der Waals surface area contributed by atoms with Crippen molar-refractivity contribution in [2.45, 2.75) is 94.2 Å². The molecule has 43 heavy (non-hydrogen) atoms. The van der Waals surface area contributed by atoms with E-state index in [9.17, 15) is 34.8 Å². The third kappa shape index (κ3) is 17.5. The van der Waals surface area contributed by atoms with Gasteiger partial charge in [-0.25, -0.2) is 0 Å². The van der Waals surface area contributed by atoms with E-state index in [0.29, 0.717) is 26.4 Å². The highest BCUT2D eigenvalue weighted by Gasteiger charge is 2.44. The molecule has 2 unspecified atom stereocenters. The van der Waals surface area contributed by atoms with Gasteiger partial charge in [-0.15, -0.1) is 11.8 Å². The van der Waals surface area contributed by atoms with Crippen LogP contribution in [0.4, 0.5) is 0 Å². The molecule has 1 aliphatic heterocycles. The van der Waals surface area contributed by atoms with Gasteiger partial charge in [0, 0.05) is 19.3 Å². The fraction of sp³-hybridized carbons (Fsp3) is 0.893. The van der Waals surface area contributed by atoms with Gasteiger partial charge in [0.25, 0.3) is 0 Å². The molecule has 252 valence electrons. The van der Waals surface area contributed by atoms with Crippen molar-refractivity contribution in [2.24, 2.45) is 0 Å². The van der Waals surface area contributed by atoms with Crippen LogP contribution in [-0.2, 0) is 42.8 Å². The molecule has 0 aliphatic carbocycles. The summed E-state index contributed by atoms with van der Waals surface area (Å²) >= 11 is 1.04. The van der Waals surface area contributed by atoms with E-state index >= 15 is 0 Å². The number of carbonyl (C=O) groups is 3. The average Bonchev–Trinajstić information content (AvgIpc) is 2.99. The van der Waals surface area contributed by atoms with Crippen molar-refractivity contribution in [3.8, 4) is 0 Å². The van der Waals surface area contributed by atoms with Crippen LogP contribution >= 0.6 is 11.8 Å². The van der Waals surface area contributed by atoms with E-state index in [1.165, 1.54) is 6.42 Å². The van der Waals surface area contributed by atoms with E-state index in [2.05, 4.69) is 12.2 Å². The number of esters is 2. The molecule has 0 aromatic carbocycles. The number of carbonyl (C=O) groups excluding carboxylic acids is 3. The monoisotopic (exact) mass is 641 g/mol. The SMILES string of the molecule is CCCCCCCCOC(=O)CC(SCCC(=O)N[C@H]1C(O)O[C@H](CO)[C@@H](O)[C@@H]1O)C(=O)OCCOCCOCCOC. The fourth-order valence-electron chi connectivity index (χ4n) is 4.05. The van der Waals surface area contributed by atoms with E-state index in [-0.39, 0.29) is 38.4 Å². The molecular weight excluding hydrogens is 590 g/mol. The third-order valence-electron chi connectivity index (χ3n) is 6.53. The number of rotatable bonds is 25. The topological polar surface area (TPSA) is 200 Å². The number of hydrogen-bond acceptors (Lipinski definition) is 14. The normalized spacial score (nSPS) is 22.6. The largest absolute Gasteiger partial charge is 0.466 e. The van der Waals surface area contributed by atoms with Gasteiger partial charge in [0.1, 0.15) is 36.2 Å². The Kier molecular flexibility index (Phi) is 22.7. The lowest BCUT2D eigenvalue weighted by atomic mass is 9.97. The standard InChI is InChI=1S/C28H51NO13S/c1-3-4-5-6-7-8-10-40-23(32)18-21(27(35)41-16-15-39-14-13-38-12-11-37-2)43-17-9-22(31)29-24-26(34)25(33)20(19-30)42-28(24)36/h20-21,24-26,28,30,33-34,36H,3-19H2,1-2H3,(H,29,31)/t20-,21?,24-,25-,26-,28?/m1/s1. The molecule has 6 atom stereocenters. The van der Waals surface area contributed by atoms with E-state index in [0.717, 1.165) is 43.9 Å². The van der Waals surface area contributed by atoms with Gasteiger partial charge in [0.05, 0.1) is 52.7 Å². The van der Waals surface area contributed by atoms with Crippen LogP contribution in [0, 0.1) is 0 Å². The lowest BCUT2D eigenvalue weighted by Crippen LogP contribution is -2.64. The maximum absolute atomic E-state index is 12.8. The Morgan fingerprint density at radius 3 is 2.19 bits per heavy atom. The molecule has 15 heteroatoms. The van der Waals surface area contributed by atoms with Crippen LogP contribution in [-0.4, -0.2) is 140 Å². The highest BCUT2D eigenvalue weighted by molar-refractivity contribution is 8.00. The van der Waals surface area contributed by atoms with Gasteiger partial charge in [-0.1, -0.05) is 39.0 Å². The van der Waals surface area contributed by atoms with Crippen molar-refractivity contribution < 1.29 is 63.2 Å². The highest BCUT2D eigenvalue weighted by atomic mass is 32.2. The van der Waals surface area contributed by atoms with Gasteiger partial charge < -0.3 is 54.2 Å². The Morgan fingerprint density at radius 1 is 0.860 bits per heavy atom. The van der Waals surface area contributed by atoms with Crippen LogP contribution < -0.4 is 5.32 Å². The Bertz CT molecular complexity index is 762. The summed E-state index contributed by atoms with van der Waals surface area (Å²) < 4.78 is 31.2. The molecule has 1 rings (SSSR count). The summed E-state index contributed by atoms with van der Waals surface area (Å²) in [4.78, 5) is 37.7. The van der Waals surface area contributed by atoms with Crippen LogP contribution in [0.1, 0.15) is 58.3 Å². The van der Waals surface area contributed by atoms with Gasteiger partial charge in [0.2, 0.25) is 5.91 Å². The van der Waals surface area contributed by atoms with E-state index in [4.69, 9.17) is 28.4 Å². The van der Waals surface area contributed by atoms with Gasteiger partial charge in [0.15, 0.2) is 6.29 Å². The third-order valence-corrected chi connectivity index (χ3v) is 7.73. The fourth-order valence-corrected chi connectivity index (χ4v) is 5.10. The predicted octanol–water partition coefficient (Wildman–Crippen LogP) is -0.0890. The van der Waals surface area contributed by atoms with Gasteiger partial charge in [-0.05, 0) is 6.42 Å². The summed E-state index contributed by atoms with van der Waals surface area (Å²) in [7, 11) is 1.58. The number of aliphatic hydroxyl groups is 4. The summed E-state index contributed by atoms with van der Waals surface area (Å²) in [6.45, 7) is 3.49. The molecule has 0 radical (unpaired) electrons. The second-order valence-electron chi connectivity index (χ2n) is 10.0. The Hall–Kier alpha value is -1.56. The zero-order chi connectivity index (χ0) is 31.9. The molecule has 0 saturated carbocycles. The van der Waals surface area contributed by atoms with Gasteiger partial charge >= 0.3 is 11.9 Å².